The van der Waals surface area contributed by atoms with E-state index in [9.17, 15) is 50.2 Å². The summed E-state index contributed by atoms with van der Waals surface area (Å²) in [5.41, 5.74) is 3.39. The molecule has 19 heteroatoms. The van der Waals surface area contributed by atoms with Crippen LogP contribution in [-0.2, 0) is 29.8 Å². The Morgan fingerprint density at radius 2 is 1.53 bits per heavy atom. The van der Waals surface area contributed by atoms with Gasteiger partial charge in [0, 0.05) is 53.4 Å². The standard InChI is InChI=1S/C30H26N4O12S2.Na/c31-20-8-6-17-24(18-7-9-21(32)28(48(43,44)45)26(18)46-25(17)27(20)47(40,41)42)16-5-4-15(14-19(16)30(38)39)29(37)33-12-2-1-3-13-34-22(35)10-11-23(34)36;/h4-11,14,31H,1-3,12-13,32H2,(H,33,37)(H,38,39)(H,40,41,42)(H,43,44,45);/q;+1/p-1. The average molecular weight is 721 g/mol. The predicted octanol–water partition coefficient (Wildman–Crippen LogP) is -3.22. The second-order valence-electron chi connectivity index (χ2n) is 10.7. The van der Waals surface area contributed by atoms with E-state index in [-0.39, 0.29) is 70.3 Å². The minimum absolute atomic E-state index is 0. The molecule has 250 valence electrons. The fourth-order valence-corrected chi connectivity index (χ4v) is 6.88. The van der Waals surface area contributed by atoms with Gasteiger partial charge >= 0.3 is 35.5 Å². The van der Waals surface area contributed by atoms with Crippen molar-refractivity contribution in [1.29, 1.82) is 0 Å². The number of unbranched alkanes of at least 4 members (excludes halogenated alkanes) is 2. The summed E-state index contributed by atoms with van der Waals surface area (Å²) in [6, 6.07) is 8.07. The summed E-state index contributed by atoms with van der Waals surface area (Å²) in [4.78, 5) is 47.7. The molecule has 49 heavy (non-hydrogen) atoms. The van der Waals surface area contributed by atoms with Crippen molar-refractivity contribution in [3.63, 3.8) is 0 Å². The molecule has 5 rings (SSSR count). The Bertz CT molecular complexity index is 2320. The van der Waals surface area contributed by atoms with Gasteiger partial charge in [0.2, 0.25) is 5.36 Å². The van der Waals surface area contributed by atoms with E-state index in [4.69, 9.17) is 15.6 Å². The van der Waals surface area contributed by atoms with Crippen LogP contribution in [-0.4, -0.2) is 72.7 Å². The third-order valence-electron chi connectivity index (χ3n) is 7.55. The van der Waals surface area contributed by atoms with Gasteiger partial charge in [-0.3, -0.25) is 24.7 Å². The summed E-state index contributed by atoms with van der Waals surface area (Å²) in [6.07, 6.45) is 3.91. The molecule has 2 aromatic rings. The summed E-state index contributed by atoms with van der Waals surface area (Å²) < 4.78 is 79.1. The molecule has 3 aliphatic rings. The van der Waals surface area contributed by atoms with E-state index in [1.807, 2.05) is 0 Å². The largest absolute Gasteiger partial charge is 1.00 e. The molecular formula is C30H25N4NaO12S2. The number of aromatic carboxylic acids is 1. The zero-order chi connectivity index (χ0) is 35.1. The Kier molecular flexibility index (Phi) is 10.8. The number of imide groups is 1. The summed E-state index contributed by atoms with van der Waals surface area (Å²) in [5.74, 6) is -3.72. The molecule has 2 aromatic carbocycles. The van der Waals surface area contributed by atoms with Crippen molar-refractivity contribution in [2.24, 2.45) is 0 Å². The van der Waals surface area contributed by atoms with Crippen molar-refractivity contribution in [2.45, 2.75) is 29.1 Å². The molecule has 0 radical (unpaired) electrons. The van der Waals surface area contributed by atoms with Gasteiger partial charge < -0.3 is 29.7 Å². The van der Waals surface area contributed by atoms with Crippen LogP contribution in [0.1, 0.15) is 40.0 Å². The number of carbonyl (C=O) groups is 4. The van der Waals surface area contributed by atoms with Gasteiger partial charge in [-0.25, -0.2) is 21.6 Å². The molecule has 0 bridgehead atoms. The van der Waals surface area contributed by atoms with E-state index in [0.717, 1.165) is 23.1 Å². The van der Waals surface area contributed by atoms with Crippen molar-refractivity contribution in [1.82, 2.24) is 10.2 Å². The number of fused-ring (bicyclic) bond motifs is 2. The number of amides is 3. The van der Waals surface area contributed by atoms with Gasteiger partial charge in [0.05, 0.1) is 11.3 Å². The summed E-state index contributed by atoms with van der Waals surface area (Å²) >= 11 is 0. The van der Waals surface area contributed by atoms with E-state index in [0.29, 0.717) is 19.3 Å². The molecule has 0 spiro atoms. The van der Waals surface area contributed by atoms with Gasteiger partial charge in [-0.05, 0) is 55.2 Å². The van der Waals surface area contributed by atoms with Crippen LogP contribution >= 0.6 is 0 Å². The number of hydrogen-bond acceptors (Lipinski definition) is 12. The first-order valence-corrected chi connectivity index (χ1v) is 16.8. The number of carboxylic acids is 1. The molecule has 1 aliphatic carbocycles. The van der Waals surface area contributed by atoms with Crippen LogP contribution in [0, 0.1) is 0 Å². The van der Waals surface area contributed by atoms with E-state index in [1.165, 1.54) is 36.4 Å². The van der Waals surface area contributed by atoms with Crippen molar-refractivity contribution in [2.75, 3.05) is 18.8 Å². The number of nitrogens with two attached hydrogens (primary N) is 2. The van der Waals surface area contributed by atoms with Gasteiger partial charge in [-0.15, -0.1) is 0 Å². The zero-order valence-corrected chi connectivity index (χ0v) is 29.2. The molecule has 2 heterocycles. The van der Waals surface area contributed by atoms with Gasteiger partial charge in [-0.2, -0.15) is 0 Å². The molecule has 0 unspecified atom stereocenters. The molecule has 0 saturated carbocycles. The molecule has 16 nitrogen and oxygen atoms in total. The molecule has 0 saturated heterocycles. The van der Waals surface area contributed by atoms with E-state index < -0.39 is 81.7 Å². The fourth-order valence-electron chi connectivity index (χ4n) is 5.41. The minimum atomic E-state index is -5.39. The number of anilines is 1. The number of benzene rings is 3. The first-order valence-electron chi connectivity index (χ1n) is 14.0. The van der Waals surface area contributed by atoms with Crippen molar-refractivity contribution >= 4 is 60.6 Å². The quantitative estimate of drug-likeness (QED) is 0.0297. The summed E-state index contributed by atoms with van der Waals surface area (Å²) in [7, 11) is -10.8. The first kappa shape index (κ1) is 37.4. The van der Waals surface area contributed by atoms with Crippen LogP contribution in [0.5, 0.6) is 0 Å². The topological polar surface area (TPSA) is 283 Å². The second kappa shape index (κ2) is 14.2. The Hall–Kier alpha value is -4.43. The molecule has 6 N–H and O–H groups in total. The Morgan fingerprint density at radius 3 is 2.14 bits per heavy atom. The minimum Gasteiger partial charge on any atom is -0.744 e. The number of carboxylic acid groups (broad SMARTS) is 1. The van der Waals surface area contributed by atoms with Crippen LogP contribution in [0.3, 0.4) is 0 Å². The maximum atomic E-state index is 12.9. The Morgan fingerprint density at radius 1 is 0.898 bits per heavy atom. The fraction of sp³-hybridized carbons (Fsp3) is 0.167. The normalized spacial score (nSPS) is 13.2. The first-order chi connectivity index (χ1) is 22.5. The number of nitrogen functional groups attached to an aromatic ring is 1. The number of nitrogens with one attached hydrogen (secondary N) is 1. The second-order valence-corrected chi connectivity index (χ2v) is 13.3. The molecule has 0 fully saturated rings. The summed E-state index contributed by atoms with van der Waals surface area (Å²) in [5, 5.41) is 17.9. The molecule has 0 atom stereocenters. The summed E-state index contributed by atoms with van der Waals surface area (Å²) in [6.45, 7) is 0.405. The Labute approximate surface area is 300 Å². The van der Waals surface area contributed by atoms with Crippen LogP contribution < -0.4 is 51.4 Å². The van der Waals surface area contributed by atoms with Crippen LogP contribution in [0.2, 0.25) is 0 Å². The van der Waals surface area contributed by atoms with Gasteiger partial charge in [0.25, 0.3) is 17.7 Å². The SMILES string of the molecule is Nc1ccc2c(-c3ccc(C(=O)NCCCCCN4C(=O)C=CC4=O)cc3C(=O)O)c3ccc(=[NH2+])c(S(=O)(=O)[O-])c-3oc2c1S(=O)(=O)[O-].[Na+]. The van der Waals surface area contributed by atoms with Gasteiger partial charge in [0.1, 0.15) is 25.1 Å². The Balaban J connectivity index is 0.00000541. The number of nitrogens with zero attached hydrogens (tertiary/aromatic N) is 1. The van der Waals surface area contributed by atoms with Crippen LogP contribution in [0.15, 0.2) is 68.8 Å². The van der Waals surface area contributed by atoms with Crippen LogP contribution in [0.25, 0.3) is 33.4 Å². The van der Waals surface area contributed by atoms with Crippen molar-refractivity contribution in [3.05, 3.63) is 71.1 Å². The number of hydrogen-bond donors (Lipinski definition) is 4. The van der Waals surface area contributed by atoms with E-state index in [2.05, 4.69) is 5.32 Å². The molecule has 3 amide bonds. The molecular weight excluding hydrogens is 695 g/mol. The third-order valence-corrected chi connectivity index (χ3v) is 9.40. The van der Waals surface area contributed by atoms with Crippen molar-refractivity contribution in [3.8, 4) is 22.5 Å². The van der Waals surface area contributed by atoms with Gasteiger partial charge in [0.15, 0.2) is 16.2 Å². The third kappa shape index (κ3) is 7.44. The zero-order valence-electron chi connectivity index (χ0n) is 25.6. The average Bonchev–Trinajstić information content (AvgIpc) is 3.31. The predicted molar refractivity (Wildman–Crippen MR) is 163 cm³/mol. The maximum Gasteiger partial charge on any atom is 1.00 e. The maximum absolute atomic E-state index is 12.9. The number of carbonyl (C=O) groups excluding carboxylic acids is 3. The van der Waals surface area contributed by atoms with Crippen molar-refractivity contribution < 1.29 is 89.6 Å². The van der Waals surface area contributed by atoms with E-state index >= 15 is 0 Å². The molecule has 2 aliphatic heterocycles. The molecule has 0 aromatic heterocycles. The number of rotatable bonds is 11. The smallest absolute Gasteiger partial charge is 0.744 e. The monoisotopic (exact) mass is 720 g/mol. The van der Waals surface area contributed by atoms with Gasteiger partial charge in [-0.1, -0.05) is 6.07 Å². The van der Waals surface area contributed by atoms with Crippen LogP contribution in [0.4, 0.5) is 5.69 Å². The van der Waals surface area contributed by atoms with E-state index in [1.54, 1.807) is 0 Å².